The van der Waals surface area contributed by atoms with Crippen molar-refractivity contribution in [3.05, 3.63) is 59.7 Å². The van der Waals surface area contributed by atoms with Crippen molar-refractivity contribution in [2.24, 2.45) is 0 Å². The van der Waals surface area contributed by atoms with Gasteiger partial charge in [-0.1, -0.05) is 18.2 Å². The number of rotatable bonds is 3. The molecule has 28 heavy (non-hydrogen) atoms. The van der Waals surface area contributed by atoms with Gasteiger partial charge in [-0.3, -0.25) is 4.98 Å². The fourth-order valence-corrected chi connectivity index (χ4v) is 4.16. The molecule has 2 aliphatic heterocycles. The van der Waals surface area contributed by atoms with Crippen molar-refractivity contribution in [3.63, 3.8) is 0 Å². The molecule has 0 spiro atoms. The number of imidazole rings is 1. The van der Waals surface area contributed by atoms with E-state index in [0.717, 1.165) is 55.3 Å². The maximum absolute atomic E-state index is 7.11. The molecular weight excluding hydrogens is 352 g/mol. The maximum atomic E-state index is 7.11. The van der Waals surface area contributed by atoms with Crippen molar-refractivity contribution in [2.45, 2.75) is 25.1 Å². The van der Waals surface area contributed by atoms with Crippen LogP contribution in [0.3, 0.4) is 0 Å². The van der Waals surface area contributed by atoms with Crippen molar-refractivity contribution < 1.29 is 4.74 Å². The van der Waals surface area contributed by atoms with Crippen LogP contribution < -0.4 is 10.2 Å². The van der Waals surface area contributed by atoms with E-state index in [2.05, 4.69) is 36.7 Å². The summed E-state index contributed by atoms with van der Waals surface area (Å²) in [7, 11) is 0. The Labute approximate surface area is 163 Å². The molecule has 0 unspecified atom stereocenters. The quantitative estimate of drug-likeness (QED) is 0.714. The molecule has 0 amide bonds. The number of aromatic nitrogens is 3. The Hall–Kier alpha value is -2.95. The van der Waals surface area contributed by atoms with Gasteiger partial charge >= 0.3 is 0 Å². The number of hydrogen-bond acceptors (Lipinski definition) is 5. The van der Waals surface area contributed by atoms with Gasteiger partial charge in [0.1, 0.15) is 0 Å². The standard InChI is InChI=1S/C21H22N6O/c1-22-15-6-7-16(24-12-15)13-27-19-5-3-2-4-17(19)25-21(27)26-10-8-20-18(14-26)23-9-11-28-20/h2-7,12,18,20,23H,8-11,13-14H2/t18-,20-/m0/s1. The van der Waals surface area contributed by atoms with E-state index in [-0.39, 0.29) is 0 Å². The molecule has 2 saturated heterocycles. The molecule has 0 saturated carbocycles. The van der Waals surface area contributed by atoms with Crippen LogP contribution in [0.25, 0.3) is 15.9 Å². The normalized spacial score (nSPS) is 22.0. The lowest BCUT2D eigenvalue weighted by molar-refractivity contribution is -0.0137. The first-order chi connectivity index (χ1) is 13.8. The van der Waals surface area contributed by atoms with Crippen LogP contribution in [-0.4, -0.2) is 52.9 Å². The molecule has 2 fully saturated rings. The molecule has 3 aromatic rings. The minimum Gasteiger partial charge on any atom is -0.375 e. The van der Waals surface area contributed by atoms with Gasteiger partial charge in [-0.15, -0.1) is 0 Å². The highest BCUT2D eigenvalue weighted by Crippen LogP contribution is 2.27. The summed E-state index contributed by atoms with van der Waals surface area (Å²) in [5, 5.41) is 3.59. The predicted octanol–water partition coefficient (Wildman–Crippen LogP) is 2.60. The molecule has 1 aromatic carbocycles. The molecular formula is C21H22N6O. The molecule has 7 heteroatoms. The molecule has 142 valence electrons. The first kappa shape index (κ1) is 17.2. The van der Waals surface area contributed by atoms with Crippen LogP contribution in [0.4, 0.5) is 11.6 Å². The number of pyridine rings is 1. The average molecular weight is 374 g/mol. The van der Waals surface area contributed by atoms with Gasteiger partial charge in [-0.25, -0.2) is 9.83 Å². The summed E-state index contributed by atoms with van der Waals surface area (Å²) >= 11 is 0. The van der Waals surface area contributed by atoms with E-state index >= 15 is 0 Å². The fourth-order valence-electron chi connectivity index (χ4n) is 4.16. The molecule has 1 N–H and O–H groups in total. The molecule has 0 aliphatic carbocycles. The highest BCUT2D eigenvalue weighted by atomic mass is 16.5. The van der Waals surface area contributed by atoms with Gasteiger partial charge < -0.3 is 19.5 Å². The van der Waals surface area contributed by atoms with Gasteiger partial charge in [0, 0.05) is 25.8 Å². The minimum atomic E-state index is 0.297. The molecule has 0 bridgehead atoms. The van der Waals surface area contributed by atoms with Crippen molar-refractivity contribution in [3.8, 4) is 0 Å². The third-order valence-electron chi connectivity index (χ3n) is 5.57. The second-order valence-electron chi connectivity index (χ2n) is 7.31. The second kappa shape index (κ2) is 7.23. The van der Waals surface area contributed by atoms with Crippen LogP contribution in [0, 0.1) is 6.57 Å². The monoisotopic (exact) mass is 374 g/mol. The Morgan fingerprint density at radius 2 is 2.18 bits per heavy atom. The van der Waals surface area contributed by atoms with Crippen LogP contribution in [0.2, 0.25) is 0 Å². The largest absolute Gasteiger partial charge is 0.375 e. The Bertz CT molecular complexity index is 1020. The SMILES string of the molecule is [C-]#[N+]c1ccc(Cn2c(N3CC[C@@H]4OCCN[C@H]4C3)nc3ccccc32)nc1. The molecule has 7 nitrogen and oxygen atoms in total. The Balaban J connectivity index is 1.49. The highest BCUT2D eigenvalue weighted by molar-refractivity contribution is 5.79. The Morgan fingerprint density at radius 1 is 1.25 bits per heavy atom. The number of nitrogens with zero attached hydrogens (tertiary/aromatic N) is 5. The Kier molecular flexibility index (Phi) is 4.43. The number of para-hydroxylation sites is 2. The molecule has 4 heterocycles. The van der Waals surface area contributed by atoms with Crippen LogP contribution >= 0.6 is 0 Å². The van der Waals surface area contributed by atoms with Gasteiger partial charge in [0.2, 0.25) is 11.6 Å². The third kappa shape index (κ3) is 3.11. The summed E-state index contributed by atoms with van der Waals surface area (Å²) in [6.45, 7) is 11.3. The zero-order chi connectivity index (χ0) is 18.9. The molecule has 0 radical (unpaired) electrons. The first-order valence-electron chi connectivity index (χ1n) is 9.69. The van der Waals surface area contributed by atoms with E-state index < -0.39 is 0 Å². The lowest BCUT2D eigenvalue weighted by Gasteiger charge is -2.41. The van der Waals surface area contributed by atoms with E-state index in [1.807, 2.05) is 24.3 Å². The van der Waals surface area contributed by atoms with Crippen molar-refractivity contribution in [1.82, 2.24) is 19.9 Å². The van der Waals surface area contributed by atoms with Gasteiger partial charge in [0.25, 0.3) is 0 Å². The molecule has 5 rings (SSSR count). The van der Waals surface area contributed by atoms with Crippen LogP contribution in [0.1, 0.15) is 12.1 Å². The topological polar surface area (TPSA) is 59.6 Å². The number of ether oxygens (including phenoxy) is 1. The summed E-state index contributed by atoms with van der Waals surface area (Å²) < 4.78 is 8.16. The van der Waals surface area contributed by atoms with E-state index in [0.29, 0.717) is 24.4 Å². The summed E-state index contributed by atoms with van der Waals surface area (Å²) in [4.78, 5) is 15.2. The van der Waals surface area contributed by atoms with Crippen LogP contribution in [0.5, 0.6) is 0 Å². The van der Waals surface area contributed by atoms with Gasteiger partial charge in [-0.2, -0.15) is 0 Å². The highest BCUT2D eigenvalue weighted by Gasteiger charge is 2.33. The number of morpholine rings is 1. The Morgan fingerprint density at radius 3 is 3.04 bits per heavy atom. The number of nitrogens with one attached hydrogen (secondary N) is 1. The predicted molar refractivity (Wildman–Crippen MR) is 108 cm³/mol. The number of fused-ring (bicyclic) bond motifs is 2. The lowest BCUT2D eigenvalue weighted by Crippen LogP contribution is -2.58. The van der Waals surface area contributed by atoms with E-state index in [9.17, 15) is 0 Å². The zero-order valence-electron chi connectivity index (χ0n) is 15.6. The summed E-state index contributed by atoms with van der Waals surface area (Å²) in [5.41, 5.74) is 3.57. The first-order valence-corrected chi connectivity index (χ1v) is 9.69. The van der Waals surface area contributed by atoms with E-state index in [1.165, 1.54) is 0 Å². The lowest BCUT2D eigenvalue weighted by atomic mass is 10.0. The number of piperidine rings is 1. The minimum absolute atomic E-state index is 0.297. The van der Waals surface area contributed by atoms with Gasteiger partial charge in [0.15, 0.2) is 0 Å². The third-order valence-corrected chi connectivity index (χ3v) is 5.57. The molecule has 2 atom stereocenters. The van der Waals surface area contributed by atoms with Crippen LogP contribution in [0.15, 0.2) is 42.6 Å². The maximum Gasteiger partial charge on any atom is 0.206 e. The van der Waals surface area contributed by atoms with Crippen LogP contribution in [-0.2, 0) is 11.3 Å². The van der Waals surface area contributed by atoms with Gasteiger partial charge in [-0.05, 0) is 24.6 Å². The fraction of sp³-hybridized carbons (Fsp3) is 0.381. The van der Waals surface area contributed by atoms with Gasteiger partial charge in [0.05, 0.1) is 48.6 Å². The van der Waals surface area contributed by atoms with Crippen molar-refractivity contribution >= 4 is 22.7 Å². The summed E-state index contributed by atoms with van der Waals surface area (Å²) in [6.07, 6.45) is 2.93. The number of anilines is 1. The van der Waals surface area contributed by atoms with E-state index in [1.54, 1.807) is 6.20 Å². The van der Waals surface area contributed by atoms with Crippen molar-refractivity contribution in [2.75, 3.05) is 31.1 Å². The second-order valence-corrected chi connectivity index (χ2v) is 7.31. The average Bonchev–Trinajstić information content (AvgIpc) is 3.12. The molecule has 2 aromatic heterocycles. The number of hydrogen-bond donors (Lipinski definition) is 1. The summed E-state index contributed by atoms with van der Waals surface area (Å²) in [5.74, 6) is 0.975. The molecule has 2 aliphatic rings. The zero-order valence-corrected chi connectivity index (χ0v) is 15.6. The van der Waals surface area contributed by atoms with E-state index in [4.69, 9.17) is 16.3 Å². The smallest absolute Gasteiger partial charge is 0.206 e. The summed E-state index contributed by atoms with van der Waals surface area (Å²) in [6, 6.07) is 12.3. The van der Waals surface area contributed by atoms with Crippen molar-refractivity contribution in [1.29, 1.82) is 0 Å². The number of benzene rings is 1.